The molecule has 4 atom stereocenters. The highest BCUT2D eigenvalue weighted by Gasteiger charge is 2.48. The van der Waals surface area contributed by atoms with E-state index in [9.17, 15) is 5.11 Å². The van der Waals surface area contributed by atoms with Gasteiger partial charge in [0.05, 0.1) is 16.1 Å². The Morgan fingerprint density at radius 2 is 1.84 bits per heavy atom. The molecule has 0 aliphatic heterocycles. The summed E-state index contributed by atoms with van der Waals surface area (Å²) in [6.45, 7) is 0.435. The molecule has 0 spiro atoms. The van der Waals surface area contributed by atoms with Crippen LogP contribution in [0.4, 0.5) is 0 Å². The third kappa shape index (κ3) is 2.64. The van der Waals surface area contributed by atoms with E-state index in [1.807, 2.05) is 12.1 Å². The van der Waals surface area contributed by atoms with Crippen molar-refractivity contribution in [3.63, 3.8) is 0 Å². The Bertz CT molecular complexity index is 469. The second-order valence-corrected chi connectivity index (χ2v) is 6.81. The molecule has 1 aromatic carbocycles. The van der Waals surface area contributed by atoms with E-state index in [-0.39, 0.29) is 12.0 Å². The van der Waals surface area contributed by atoms with Crippen LogP contribution in [0.2, 0.25) is 10.0 Å². The first-order chi connectivity index (χ1) is 9.10. The smallest absolute Gasteiger partial charge is 0.0649 e. The molecule has 2 nitrogen and oxygen atoms in total. The molecular formula is C15H19Cl2NO. The zero-order chi connectivity index (χ0) is 13.6. The molecule has 2 aliphatic carbocycles. The third-order valence-electron chi connectivity index (χ3n) is 4.80. The molecule has 0 aromatic heterocycles. The summed E-state index contributed by atoms with van der Waals surface area (Å²) < 4.78 is 0. The highest BCUT2D eigenvalue weighted by atomic mass is 35.5. The van der Waals surface area contributed by atoms with Crippen LogP contribution >= 0.6 is 23.2 Å². The van der Waals surface area contributed by atoms with E-state index < -0.39 is 0 Å². The lowest BCUT2D eigenvalue weighted by atomic mass is 9.83. The van der Waals surface area contributed by atoms with E-state index in [0.717, 1.165) is 30.2 Å². The number of hydrogen-bond donors (Lipinski definition) is 2. The lowest BCUT2D eigenvalue weighted by Gasteiger charge is -2.28. The number of aliphatic hydroxyl groups excluding tert-OH is 1. The van der Waals surface area contributed by atoms with Crippen LogP contribution < -0.4 is 5.73 Å². The fourth-order valence-electron chi connectivity index (χ4n) is 3.58. The van der Waals surface area contributed by atoms with Gasteiger partial charge in [-0.05, 0) is 54.7 Å². The molecule has 2 fully saturated rings. The van der Waals surface area contributed by atoms with Gasteiger partial charge in [0.15, 0.2) is 0 Å². The van der Waals surface area contributed by atoms with Gasteiger partial charge in [-0.15, -0.1) is 0 Å². The Morgan fingerprint density at radius 3 is 2.42 bits per heavy atom. The minimum atomic E-state index is -0.366. The zero-order valence-corrected chi connectivity index (χ0v) is 12.2. The molecule has 0 bridgehead atoms. The van der Waals surface area contributed by atoms with Gasteiger partial charge >= 0.3 is 0 Å². The third-order valence-corrected chi connectivity index (χ3v) is 5.54. The van der Waals surface area contributed by atoms with Crippen molar-refractivity contribution < 1.29 is 5.11 Å². The first-order valence-corrected chi connectivity index (χ1v) is 7.68. The van der Waals surface area contributed by atoms with Gasteiger partial charge in [0.2, 0.25) is 0 Å². The average molecular weight is 300 g/mol. The molecule has 4 heteroatoms. The summed E-state index contributed by atoms with van der Waals surface area (Å²) in [7, 11) is 0. The van der Waals surface area contributed by atoms with Gasteiger partial charge in [-0.1, -0.05) is 29.3 Å². The Balaban J connectivity index is 1.76. The van der Waals surface area contributed by atoms with Crippen molar-refractivity contribution >= 4 is 23.2 Å². The number of halogens is 2. The predicted molar refractivity (Wildman–Crippen MR) is 78.6 cm³/mol. The van der Waals surface area contributed by atoms with Gasteiger partial charge in [-0.3, -0.25) is 0 Å². The Morgan fingerprint density at radius 1 is 1.16 bits per heavy atom. The van der Waals surface area contributed by atoms with E-state index >= 15 is 0 Å². The van der Waals surface area contributed by atoms with Crippen molar-refractivity contribution in [3.8, 4) is 0 Å². The topological polar surface area (TPSA) is 46.2 Å². The van der Waals surface area contributed by atoms with Crippen LogP contribution in [0.3, 0.4) is 0 Å². The number of hydrogen-bond acceptors (Lipinski definition) is 2. The molecule has 19 heavy (non-hydrogen) atoms. The van der Waals surface area contributed by atoms with Gasteiger partial charge in [-0.25, -0.2) is 0 Å². The second-order valence-electron chi connectivity index (χ2n) is 5.99. The number of rotatable bonds is 4. The zero-order valence-electron chi connectivity index (χ0n) is 10.7. The summed E-state index contributed by atoms with van der Waals surface area (Å²) in [4.78, 5) is 0. The quantitative estimate of drug-likeness (QED) is 0.894. The highest BCUT2D eigenvalue weighted by molar-refractivity contribution is 6.42. The van der Waals surface area contributed by atoms with Crippen LogP contribution in [0.1, 0.15) is 30.7 Å². The molecule has 2 aliphatic rings. The summed E-state index contributed by atoms with van der Waals surface area (Å²) in [5.74, 6) is 2.09. The first kappa shape index (κ1) is 13.7. The number of benzene rings is 1. The van der Waals surface area contributed by atoms with Gasteiger partial charge < -0.3 is 10.8 Å². The summed E-state index contributed by atoms with van der Waals surface area (Å²) in [5.41, 5.74) is 6.86. The minimum Gasteiger partial charge on any atom is -0.392 e. The molecule has 0 heterocycles. The molecule has 0 amide bonds. The maximum absolute atomic E-state index is 10.6. The van der Waals surface area contributed by atoms with Crippen molar-refractivity contribution in [2.45, 2.75) is 31.3 Å². The normalized spacial score (nSPS) is 31.9. The largest absolute Gasteiger partial charge is 0.392 e. The maximum Gasteiger partial charge on any atom is 0.0649 e. The van der Waals surface area contributed by atoms with Crippen molar-refractivity contribution in [2.24, 2.45) is 23.5 Å². The fraction of sp³-hybridized carbons (Fsp3) is 0.600. The first-order valence-electron chi connectivity index (χ1n) is 6.93. The predicted octanol–water partition coefficient (Wildman–Crippen LogP) is 3.44. The summed E-state index contributed by atoms with van der Waals surface area (Å²) in [6, 6.07) is 5.53. The summed E-state index contributed by atoms with van der Waals surface area (Å²) in [5, 5.41) is 11.7. The van der Waals surface area contributed by atoms with Crippen LogP contribution in [0, 0.1) is 17.8 Å². The van der Waals surface area contributed by atoms with Gasteiger partial charge in [0.25, 0.3) is 0 Å². The molecule has 3 rings (SSSR count). The van der Waals surface area contributed by atoms with Crippen molar-refractivity contribution in [1.29, 1.82) is 0 Å². The van der Waals surface area contributed by atoms with E-state index in [2.05, 4.69) is 0 Å². The van der Waals surface area contributed by atoms with Gasteiger partial charge in [0, 0.05) is 12.5 Å². The van der Waals surface area contributed by atoms with Crippen molar-refractivity contribution in [1.82, 2.24) is 0 Å². The molecule has 2 saturated carbocycles. The summed E-state index contributed by atoms with van der Waals surface area (Å²) >= 11 is 12.0. The molecule has 4 unspecified atom stereocenters. The monoisotopic (exact) mass is 299 g/mol. The molecule has 3 N–H and O–H groups in total. The lowest BCUT2D eigenvalue weighted by Crippen LogP contribution is -2.32. The molecule has 0 radical (unpaired) electrons. The van der Waals surface area contributed by atoms with Crippen LogP contribution in [0.25, 0.3) is 0 Å². The van der Waals surface area contributed by atoms with Crippen LogP contribution in [-0.2, 0) is 0 Å². The maximum atomic E-state index is 10.6. The minimum absolute atomic E-state index is 0.0442. The number of aliphatic hydroxyl groups is 1. The second kappa shape index (κ2) is 5.25. The van der Waals surface area contributed by atoms with E-state index in [1.165, 1.54) is 6.42 Å². The lowest BCUT2D eigenvalue weighted by molar-refractivity contribution is 0.0790. The van der Waals surface area contributed by atoms with E-state index in [4.69, 9.17) is 28.9 Å². The average Bonchev–Trinajstić information content (AvgIpc) is 3.01. The fourth-order valence-corrected chi connectivity index (χ4v) is 3.89. The van der Waals surface area contributed by atoms with Crippen molar-refractivity contribution in [3.05, 3.63) is 33.8 Å². The van der Waals surface area contributed by atoms with Crippen LogP contribution in [0.5, 0.6) is 0 Å². The van der Waals surface area contributed by atoms with Crippen LogP contribution in [-0.4, -0.2) is 17.8 Å². The Kier molecular flexibility index (Phi) is 3.78. The summed E-state index contributed by atoms with van der Waals surface area (Å²) in [6.07, 6.45) is 3.31. The highest BCUT2D eigenvalue weighted by Crippen LogP contribution is 2.56. The Hall–Kier alpha value is -0.280. The molecule has 104 valence electrons. The van der Waals surface area contributed by atoms with Crippen molar-refractivity contribution in [2.75, 3.05) is 6.54 Å². The molecule has 0 saturated heterocycles. The van der Waals surface area contributed by atoms with Crippen LogP contribution in [0.15, 0.2) is 18.2 Å². The molecular weight excluding hydrogens is 281 g/mol. The SMILES string of the molecule is NCC(c1ccc(Cl)c(Cl)c1)C(O)C1CC2CC2C1. The number of nitrogens with two attached hydrogens (primary N) is 1. The molecule has 1 aromatic rings. The van der Waals surface area contributed by atoms with E-state index in [0.29, 0.717) is 22.5 Å². The van der Waals surface area contributed by atoms with Gasteiger partial charge in [-0.2, -0.15) is 0 Å². The van der Waals surface area contributed by atoms with E-state index in [1.54, 1.807) is 6.07 Å². The number of fused-ring (bicyclic) bond motifs is 1. The Labute approximate surface area is 123 Å². The van der Waals surface area contributed by atoms with Gasteiger partial charge in [0.1, 0.15) is 0 Å². The standard InChI is InChI=1S/C15H19Cl2NO/c16-13-2-1-8(6-14(13)17)12(7-18)15(19)11-4-9-3-10(9)5-11/h1-2,6,9-12,15,19H,3-5,7,18H2.